The first kappa shape index (κ1) is 12.5. The van der Waals surface area contributed by atoms with Crippen LogP contribution in [0.4, 0.5) is 0 Å². The van der Waals surface area contributed by atoms with Gasteiger partial charge >= 0.3 is 0 Å². The highest BCUT2D eigenvalue weighted by molar-refractivity contribution is 5.46. The quantitative estimate of drug-likeness (QED) is 0.742. The van der Waals surface area contributed by atoms with Crippen LogP contribution in [0.3, 0.4) is 0 Å². The molecule has 0 aromatic heterocycles. The molecule has 0 aliphatic carbocycles. The predicted octanol–water partition coefficient (Wildman–Crippen LogP) is 4.76. The highest BCUT2D eigenvalue weighted by Crippen LogP contribution is 2.40. The fourth-order valence-corrected chi connectivity index (χ4v) is 2.36. The third-order valence-corrected chi connectivity index (χ3v) is 3.17. The van der Waals surface area contributed by atoms with Gasteiger partial charge in [-0.3, -0.25) is 10.2 Å². The van der Waals surface area contributed by atoms with Crippen molar-refractivity contribution >= 4 is 0 Å². The summed E-state index contributed by atoms with van der Waals surface area (Å²) in [4.78, 5) is 0. The molecule has 0 N–H and O–H groups in total. The number of benzene rings is 2. The van der Waals surface area contributed by atoms with Crippen LogP contribution < -0.4 is 0 Å². The molecule has 0 saturated carbocycles. The molecule has 0 aliphatic heterocycles. The molecule has 0 amide bonds. The van der Waals surface area contributed by atoms with Crippen LogP contribution >= 0.6 is 0 Å². The third kappa shape index (κ3) is 2.33. The Morgan fingerprint density at radius 1 is 0.722 bits per heavy atom. The van der Waals surface area contributed by atoms with E-state index in [-0.39, 0.29) is 23.3 Å². The molecule has 0 bridgehead atoms. The lowest BCUT2D eigenvalue weighted by molar-refractivity contribution is 0.334. The van der Waals surface area contributed by atoms with Crippen molar-refractivity contribution in [1.29, 1.82) is 0 Å². The van der Waals surface area contributed by atoms with Crippen LogP contribution in [0, 0.1) is 5.92 Å². The molecular formula is C16H16O2. The summed E-state index contributed by atoms with van der Waals surface area (Å²) in [6, 6.07) is 13.9. The average molecular weight is 240 g/mol. The maximum Gasteiger partial charge on any atom is 0.182 e. The van der Waals surface area contributed by atoms with Gasteiger partial charge in [0.05, 0.1) is 0 Å². The van der Waals surface area contributed by atoms with Crippen molar-refractivity contribution in [2.75, 3.05) is 0 Å². The maximum atomic E-state index is 11.9. The summed E-state index contributed by atoms with van der Waals surface area (Å²) in [5, 5.41) is 23.9. The van der Waals surface area contributed by atoms with Gasteiger partial charge < -0.3 is 0 Å². The van der Waals surface area contributed by atoms with Crippen LogP contribution in [0.5, 0.6) is 11.5 Å². The highest BCUT2D eigenvalue weighted by Gasteiger charge is 2.24. The Kier molecular flexibility index (Phi) is 3.56. The molecule has 2 aromatic carbocycles. The predicted molar refractivity (Wildman–Crippen MR) is 69.8 cm³/mol. The first-order valence-corrected chi connectivity index (χ1v) is 6.13. The lowest BCUT2D eigenvalue weighted by Gasteiger charge is -2.22. The van der Waals surface area contributed by atoms with E-state index in [9.17, 15) is 10.2 Å². The summed E-state index contributed by atoms with van der Waals surface area (Å²) in [7, 11) is 0. The minimum atomic E-state index is -0.132. The molecule has 18 heavy (non-hydrogen) atoms. The molecule has 2 aromatic rings. The van der Waals surface area contributed by atoms with E-state index >= 15 is 0 Å². The molecule has 2 nitrogen and oxygen atoms in total. The minimum absolute atomic E-state index is 0.000506. The van der Waals surface area contributed by atoms with E-state index in [1.165, 1.54) is 0 Å². The molecule has 2 rings (SSSR count). The van der Waals surface area contributed by atoms with Crippen LogP contribution in [0.15, 0.2) is 48.5 Å². The van der Waals surface area contributed by atoms with Gasteiger partial charge in [0.2, 0.25) is 0 Å². The number of hydrogen-bond acceptors (Lipinski definition) is 0. The van der Waals surface area contributed by atoms with Crippen LogP contribution in [0.1, 0.15) is 30.9 Å². The molecule has 0 saturated heterocycles. The van der Waals surface area contributed by atoms with Crippen LogP contribution in [0.25, 0.3) is 0 Å². The van der Waals surface area contributed by atoms with Gasteiger partial charge in [0.1, 0.15) is 0 Å². The molecule has 0 unspecified atom stereocenters. The fourth-order valence-electron chi connectivity index (χ4n) is 2.36. The van der Waals surface area contributed by atoms with Crippen molar-refractivity contribution in [2.45, 2.75) is 19.8 Å². The van der Waals surface area contributed by atoms with Gasteiger partial charge in [0.25, 0.3) is 0 Å². The second-order valence-electron chi connectivity index (χ2n) is 4.80. The first-order chi connectivity index (χ1) is 8.61. The third-order valence-electron chi connectivity index (χ3n) is 3.17. The van der Waals surface area contributed by atoms with E-state index in [0.717, 1.165) is 0 Å². The van der Waals surface area contributed by atoms with Crippen molar-refractivity contribution < 1.29 is 10.2 Å². The maximum absolute atomic E-state index is 11.9. The van der Waals surface area contributed by atoms with Crippen molar-refractivity contribution in [1.82, 2.24) is 0 Å². The molecule has 92 valence electrons. The zero-order valence-electron chi connectivity index (χ0n) is 10.6. The van der Waals surface area contributed by atoms with Crippen molar-refractivity contribution in [2.24, 2.45) is 5.92 Å². The Hall–Kier alpha value is -1.96. The van der Waals surface area contributed by atoms with Crippen molar-refractivity contribution in [3.8, 4) is 11.5 Å². The van der Waals surface area contributed by atoms with Gasteiger partial charge in [-0.2, -0.15) is 0 Å². The Balaban J connectivity index is 2.55. The Morgan fingerprint density at radius 2 is 1.11 bits per heavy atom. The molecule has 2 radical (unpaired) electrons. The molecule has 0 atom stereocenters. The molecule has 2 heteroatoms. The second kappa shape index (κ2) is 5.13. The van der Waals surface area contributed by atoms with E-state index in [2.05, 4.69) is 0 Å². The van der Waals surface area contributed by atoms with Crippen LogP contribution in [0.2, 0.25) is 0 Å². The van der Waals surface area contributed by atoms with E-state index in [4.69, 9.17) is 0 Å². The monoisotopic (exact) mass is 240 g/mol. The Morgan fingerprint density at radius 3 is 1.44 bits per heavy atom. The zero-order valence-corrected chi connectivity index (χ0v) is 10.6. The molecular weight excluding hydrogens is 224 g/mol. The molecule has 0 fully saturated rings. The van der Waals surface area contributed by atoms with E-state index in [0.29, 0.717) is 11.1 Å². The van der Waals surface area contributed by atoms with E-state index in [1.807, 2.05) is 38.1 Å². The van der Waals surface area contributed by atoms with Crippen LogP contribution in [-0.4, -0.2) is 0 Å². The normalized spacial score (nSPS) is 11.1. The smallest absolute Gasteiger partial charge is 0.182 e. The fraction of sp³-hybridized carbons (Fsp3) is 0.250. The summed E-state index contributed by atoms with van der Waals surface area (Å²) < 4.78 is 0. The zero-order chi connectivity index (χ0) is 13.1. The van der Waals surface area contributed by atoms with Gasteiger partial charge in [0.15, 0.2) is 11.5 Å². The van der Waals surface area contributed by atoms with E-state index < -0.39 is 0 Å². The topological polar surface area (TPSA) is 39.8 Å². The standard InChI is InChI=1S/C16H16O2/c1-11(2)16(12-7-3-5-9-14(12)17)13-8-4-6-10-15(13)18/h3-11,16H,1-2H3. The lowest BCUT2D eigenvalue weighted by Crippen LogP contribution is -2.08. The van der Waals surface area contributed by atoms with Crippen molar-refractivity contribution in [3.63, 3.8) is 0 Å². The minimum Gasteiger partial charge on any atom is -0.290 e. The summed E-state index contributed by atoms with van der Waals surface area (Å²) in [5.41, 5.74) is 1.41. The number of para-hydroxylation sites is 2. The number of hydrogen-bond donors (Lipinski definition) is 0. The molecule has 0 spiro atoms. The SMILES string of the molecule is CC(C)C(c1ccccc1[O])c1ccccc1[O]. The second-order valence-corrected chi connectivity index (χ2v) is 4.80. The molecule has 0 heterocycles. The molecule has 0 aliphatic rings. The summed E-state index contributed by atoms with van der Waals surface area (Å²) in [6.07, 6.45) is 0. The van der Waals surface area contributed by atoms with Gasteiger partial charge in [-0.15, -0.1) is 0 Å². The van der Waals surface area contributed by atoms with E-state index in [1.54, 1.807) is 24.3 Å². The Bertz CT molecular complexity index is 487. The van der Waals surface area contributed by atoms with Gasteiger partial charge in [0, 0.05) is 17.0 Å². The largest absolute Gasteiger partial charge is 0.290 e. The average Bonchev–Trinajstić information content (AvgIpc) is 2.34. The summed E-state index contributed by atoms with van der Waals surface area (Å²) in [5.74, 6) is 0.0708. The van der Waals surface area contributed by atoms with Crippen molar-refractivity contribution in [3.05, 3.63) is 59.7 Å². The Labute approximate surface area is 108 Å². The van der Waals surface area contributed by atoms with Gasteiger partial charge in [-0.25, -0.2) is 0 Å². The number of rotatable bonds is 3. The van der Waals surface area contributed by atoms with Crippen LogP contribution in [-0.2, 0) is 10.2 Å². The summed E-state index contributed by atoms with van der Waals surface area (Å²) >= 11 is 0. The summed E-state index contributed by atoms with van der Waals surface area (Å²) in [6.45, 7) is 4.06. The lowest BCUT2D eigenvalue weighted by atomic mass is 9.82. The van der Waals surface area contributed by atoms with Gasteiger partial charge in [-0.1, -0.05) is 50.2 Å². The first-order valence-electron chi connectivity index (χ1n) is 6.13. The van der Waals surface area contributed by atoms with Gasteiger partial charge in [-0.05, 0) is 18.1 Å². The highest BCUT2D eigenvalue weighted by atomic mass is 16.3.